The van der Waals surface area contributed by atoms with Gasteiger partial charge in [-0.3, -0.25) is 0 Å². The summed E-state index contributed by atoms with van der Waals surface area (Å²) in [4.78, 5) is 2.54. The van der Waals surface area contributed by atoms with E-state index in [1.165, 1.54) is 43.4 Å². The van der Waals surface area contributed by atoms with Gasteiger partial charge < -0.3 is 10.6 Å². The molecule has 2 rings (SSSR count). The van der Waals surface area contributed by atoms with Crippen molar-refractivity contribution in [1.29, 1.82) is 0 Å². The number of aryl methyl sites for hydroxylation is 1. The topological polar surface area (TPSA) is 29.3 Å². The van der Waals surface area contributed by atoms with Gasteiger partial charge in [-0.15, -0.1) is 0 Å². The summed E-state index contributed by atoms with van der Waals surface area (Å²) in [5, 5.41) is 0.676. The normalized spacial score (nSPS) is 20.8. The Bertz CT molecular complexity index is 417. The molecule has 1 heterocycles. The fourth-order valence-corrected chi connectivity index (χ4v) is 3.08. The van der Waals surface area contributed by atoms with Gasteiger partial charge in [-0.1, -0.05) is 31.4 Å². The minimum absolute atomic E-state index is 0.644. The first-order valence-electron chi connectivity index (χ1n) is 6.95. The molecule has 0 amide bonds. The van der Waals surface area contributed by atoms with Crippen molar-refractivity contribution < 1.29 is 0 Å². The molecule has 1 unspecified atom stereocenters. The largest absolute Gasteiger partial charge is 0.398 e. The van der Waals surface area contributed by atoms with Crippen LogP contribution in [0.3, 0.4) is 0 Å². The van der Waals surface area contributed by atoms with Gasteiger partial charge in [0, 0.05) is 18.3 Å². The molecule has 0 radical (unpaired) electrons. The fraction of sp³-hybridized carbons (Fsp3) is 0.600. The van der Waals surface area contributed by atoms with E-state index in [4.69, 9.17) is 17.3 Å². The van der Waals surface area contributed by atoms with E-state index in [0.29, 0.717) is 16.8 Å². The minimum Gasteiger partial charge on any atom is -0.398 e. The predicted molar refractivity (Wildman–Crippen MR) is 80.5 cm³/mol. The summed E-state index contributed by atoms with van der Waals surface area (Å²) in [6.45, 7) is 5.54. The maximum Gasteiger partial charge on any atom is 0.0656 e. The van der Waals surface area contributed by atoms with Crippen molar-refractivity contribution in [3.63, 3.8) is 0 Å². The van der Waals surface area contributed by atoms with Crippen molar-refractivity contribution >= 4 is 23.0 Å². The van der Waals surface area contributed by atoms with E-state index < -0.39 is 0 Å². The molecule has 1 aliphatic heterocycles. The van der Waals surface area contributed by atoms with Crippen LogP contribution in [0.15, 0.2) is 12.1 Å². The van der Waals surface area contributed by atoms with Crippen LogP contribution in [0.5, 0.6) is 0 Å². The van der Waals surface area contributed by atoms with Crippen LogP contribution in [0, 0.1) is 6.92 Å². The molecule has 2 nitrogen and oxygen atoms in total. The Morgan fingerprint density at radius 3 is 2.83 bits per heavy atom. The van der Waals surface area contributed by atoms with Gasteiger partial charge in [-0.25, -0.2) is 0 Å². The molecule has 0 spiro atoms. The van der Waals surface area contributed by atoms with Crippen LogP contribution >= 0.6 is 11.6 Å². The van der Waals surface area contributed by atoms with Crippen LogP contribution in [-0.4, -0.2) is 12.6 Å². The van der Waals surface area contributed by atoms with Crippen LogP contribution in [0.1, 0.15) is 44.6 Å². The van der Waals surface area contributed by atoms with Crippen molar-refractivity contribution in [2.45, 2.75) is 52.0 Å². The lowest BCUT2D eigenvalue weighted by atomic mass is 10.1. The molecule has 0 aliphatic carbocycles. The van der Waals surface area contributed by atoms with Gasteiger partial charge >= 0.3 is 0 Å². The summed E-state index contributed by atoms with van der Waals surface area (Å²) in [5.41, 5.74) is 9.05. The molecular weight excluding hydrogens is 244 g/mol. The number of benzene rings is 1. The molecule has 0 bridgehead atoms. The van der Waals surface area contributed by atoms with Crippen LogP contribution < -0.4 is 10.6 Å². The Balaban J connectivity index is 2.35. The minimum atomic E-state index is 0.644. The molecule has 1 aromatic rings. The van der Waals surface area contributed by atoms with Gasteiger partial charge in [0.25, 0.3) is 0 Å². The summed E-state index contributed by atoms with van der Waals surface area (Å²) in [6.07, 6.45) is 6.45. The summed E-state index contributed by atoms with van der Waals surface area (Å²) < 4.78 is 0. The maximum absolute atomic E-state index is 6.19. The smallest absolute Gasteiger partial charge is 0.0656 e. The van der Waals surface area contributed by atoms with E-state index in [9.17, 15) is 0 Å². The molecule has 1 aliphatic rings. The summed E-state index contributed by atoms with van der Waals surface area (Å²) in [6, 6.07) is 4.68. The van der Waals surface area contributed by atoms with E-state index in [-0.39, 0.29) is 0 Å². The molecule has 2 N–H and O–H groups in total. The number of nitrogen functional groups attached to an aromatic ring is 1. The average molecular weight is 267 g/mol. The lowest BCUT2D eigenvalue weighted by Gasteiger charge is -2.33. The number of rotatable bonds is 2. The monoisotopic (exact) mass is 266 g/mol. The van der Waals surface area contributed by atoms with Gasteiger partial charge in [0.15, 0.2) is 0 Å². The number of anilines is 2. The van der Waals surface area contributed by atoms with Crippen LogP contribution in [0.25, 0.3) is 0 Å². The Morgan fingerprint density at radius 2 is 2.11 bits per heavy atom. The molecule has 100 valence electrons. The Morgan fingerprint density at radius 1 is 1.33 bits per heavy atom. The zero-order valence-electron chi connectivity index (χ0n) is 11.4. The maximum atomic E-state index is 6.19. The zero-order chi connectivity index (χ0) is 13.1. The highest BCUT2D eigenvalue weighted by Gasteiger charge is 2.21. The second-order valence-corrected chi connectivity index (χ2v) is 5.67. The number of hydrogen-bond acceptors (Lipinski definition) is 2. The lowest BCUT2D eigenvalue weighted by Crippen LogP contribution is -2.34. The summed E-state index contributed by atoms with van der Waals surface area (Å²) in [5.74, 6) is 0. The van der Waals surface area contributed by atoms with Gasteiger partial charge in [0.05, 0.1) is 10.7 Å². The van der Waals surface area contributed by atoms with Crippen molar-refractivity contribution in [1.82, 2.24) is 0 Å². The molecule has 0 aromatic heterocycles. The SMILES string of the molecule is CCC1CCCCCN1c1cc(Cl)c(N)cc1C. The first kappa shape index (κ1) is 13.5. The quantitative estimate of drug-likeness (QED) is 0.805. The Hall–Kier alpha value is -0.890. The van der Waals surface area contributed by atoms with Crippen molar-refractivity contribution in [2.24, 2.45) is 0 Å². The third-order valence-electron chi connectivity index (χ3n) is 3.97. The second-order valence-electron chi connectivity index (χ2n) is 5.27. The third kappa shape index (κ3) is 2.74. The third-order valence-corrected chi connectivity index (χ3v) is 4.30. The molecule has 3 heteroatoms. The number of hydrogen-bond donors (Lipinski definition) is 1. The Kier molecular flexibility index (Phi) is 4.39. The lowest BCUT2D eigenvalue weighted by molar-refractivity contribution is 0.555. The van der Waals surface area contributed by atoms with E-state index >= 15 is 0 Å². The van der Waals surface area contributed by atoms with Gasteiger partial charge in [0.2, 0.25) is 0 Å². The molecular formula is C15H23ClN2. The predicted octanol–water partition coefficient (Wildman–Crippen LogP) is 4.39. The van der Waals surface area contributed by atoms with Gasteiger partial charge in [-0.05, 0) is 43.9 Å². The van der Waals surface area contributed by atoms with Crippen molar-refractivity contribution in [3.05, 3.63) is 22.7 Å². The highest BCUT2D eigenvalue weighted by molar-refractivity contribution is 6.33. The molecule has 1 saturated heterocycles. The first-order valence-corrected chi connectivity index (χ1v) is 7.33. The highest BCUT2D eigenvalue weighted by Crippen LogP contribution is 2.33. The van der Waals surface area contributed by atoms with Gasteiger partial charge in [0.1, 0.15) is 0 Å². The number of halogens is 1. The molecule has 1 fully saturated rings. The fourth-order valence-electron chi connectivity index (χ4n) is 2.92. The van der Waals surface area contributed by atoms with E-state index in [1.54, 1.807) is 0 Å². The van der Waals surface area contributed by atoms with Gasteiger partial charge in [-0.2, -0.15) is 0 Å². The molecule has 0 saturated carbocycles. The van der Waals surface area contributed by atoms with E-state index in [1.807, 2.05) is 12.1 Å². The van der Waals surface area contributed by atoms with Crippen molar-refractivity contribution in [3.8, 4) is 0 Å². The number of nitrogens with zero attached hydrogens (tertiary/aromatic N) is 1. The highest BCUT2D eigenvalue weighted by atomic mass is 35.5. The first-order chi connectivity index (χ1) is 8.63. The van der Waals surface area contributed by atoms with Crippen LogP contribution in [0.2, 0.25) is 5.02 Å². The van der Waals surface area contributed by atoms with E-state index in [0.717, 1.165) is 6.54 Å². The van der Waals surface area contributed by atoms with Crippen LogP contribution in [-0.2, 0) is 0 Å². The Labute approximate surface area is 115 Å². The standard InChI is InChI=1S/C15H23ClN2/c1-3-12-7-5-4-6-8-18(12)15-10-13(16)14(17)9-11(15)2/h9-10,12H,3-8,17H2,1-2H3. The zero-order valence-corrected chi connectivity index (χ0v) is 12.1. The average Bonchev–Trinajstić information content (AvgIpc) is 2.58. The molecule has 1 aromatic carbocycles. The molecule has 1 atom stereocenters. The number of nitrogens with two attached hydrogens (primary N) is 1. The van der Waals surface area contributed by atoms with E-state index in [2.05, 4.69) is 18.7 Å². The van der Waals surface area contributed by atoms with Crippen LogP contribution in [0.4, 0.5) is 11.4 Å². The second kappa shape index (κ2) is 5.83. The summed E-state index contributed by atoms with van der Waals surface area (Å²) in [7, 11) is 0. The molecule has 18 heavy (non-hydrogen) atoms. The van der Waals surface area contributed by atoms with Crippen molar-refractivity contribution in [2.75, 3.05) is 17.2 Å². The summed E-state index contributed by atoms with van der Waals surface area (Å²) >= 11 is 6.19.